The van der Waals surface area contributed by atoms with E-state index in [1.165, 1.54) is 0 Å². The second-order valence-corrected chi connectivity index (χ2v) is 3.71. The maximum Gasteiger partial charge on any atom is 0.344 e. The van der Waals surface area contributed by atoms with Gasteiger partial charge in [0.1, 0.15) is 5.75 Å². The van der Waals surface area contributed by atoms with Gasteiger partial charge in [-0.2, -0.15) is 0 Å². The van der Waals surface area contributed by atoms with Crippen LogP contribution in [0, 0.1) is 0 Å². The lowest BCUT2D eigenvalue weighted by molar-refractivity contribution is -0.145. The predicted molar refractivity (Wildman–Crippen MR) is 67.1 cm³/mol. The largest absolute Gasteiger partial charge is 0.479 e. The van der Waals surface area contributed by atoms with Crippen LogP contribution < -0.4 is 10.5 Å². The van der Waals surface area contributed by atoms with Gasteiger partial charge in [-0.05, 0) is 36.6 Å². The lowest BCUT2D eigenvalue weighted by Crippen LogP contribution is -2.26. The fourth-order valence-corrected chi connectivity index (χ4v) is 1.49. The van der Waals surface area contributed by atoms with Crippen molar-refractivity contribution in [2.24, 2.45) is 0 Å². The SMILES string of the molecule is C=CCc1cc(N)ccc1OC(CC)C(=O)O. The third-order valence-corrected chi connectivity index (χ3v) is 2.36. The molecule has 3 N–H and O–H groups in total. The quantitative estimate of drug-likeness (QED) is 0.586. The average Bonchev–Trinajstić information content (AvgIpc) is 2.28. The molecule has 0 heterocycles. The molecule has 1 atom stereocenters. The molecule has 92 valence electrons. The van der Waals surface area contributed by atoms with Crippen molar-refractivity contribution in [3.63, 3.8) is 0 Å². The zero-order chi connectivity index (χ0) is 12.8. The highest BCUT2D eigenvalue weighted by molar-refractivity contribution is 5.72. The van der Waals surface area contributed by atoms with E-state index in [9.17, 15) is 4.79 Å². The second kappa shape index (κ2) is 5.94. The van der Waals surface area contributed by atoms with Gasteiger partial charge in [0.2, 0.25) is 0 Å². The molecule has 0 aromatic heterocycles. The van der Waals surface area contributed by atoms with Gasteiger partial charge in [-0.25, -0.2) is 4.79 Å². The Morgan fingerprint density at radius 3 is 2.88 bits per heavy atom. The fraction of sp³-hybridized carbons (Fsp3) is 0.308. The zero-order valence-electron chi connectivity index (χ0n) is 9.85. The third-order valence-electron chi connectivity index (χ3n) is 2.36. The number of allylic oxidation sites excluding steroid dienone is 1. The summed E-state index contributed by atoms with van der Waals surface area (Å²) in [5.74, 6) is -0.415. The van der Waals surface area contributed by atoms with E-state index in [-0.39, 0.29) is 0 Å². The Morgan fingerprint density at radius 2 is 2.35 bits per heavy atom. The van der Waals surface area contributed by atoms with Gasteiger partial charge in [-0.1, -0.05) is 13.0 Å². The molecule has 0 fully saturated rings. The number of carboxylic acids is 1. The summed E-state index contributed by atoms with van der Waals surface area (Å²) in [6.45, 7) is 5.42. The number of carbonyl (C=O) groups is 1. The van der Waals surface area contributed by atoms with Gasteiger partial charge >= 0.3 is 5.97 Å². The Balaban J connectivity index is 2.96. The first-order valence-corrected chi connectivity index (χ1v) is 5.47. The van der Waals surface area contributed by atoms with Crippen LogP contribution >= 0.6 is 0 Å². The van der Waals surface area contributed by atoms with Crippen molar-refractivity contribution in [2.45, 2.75) is 25.9 Å². The molecular formula is C13H17NO3. The number of aliphatic carboxylic acids is 1. The molecular weight excluding hydrogens is 218 g/mol. The van der Waals surface area contributed by atoms with E-state index in [2.05, 4.69) is 6.58 Å². The third kappa shape index (κ3) is 3.52. The topological polar surface area (TPSA) is 72.5 Å². The van der Waals surface area contributed by atoms with E-state index in [4.69, 9.17) is 15.6 Å². The van der Waals surface area contributed by atoms with E-state index in [1.807, 2.05) is 0 Å². The van der Waals surface area contributed by atoms with Gasteiger partial charge in [-0.3, -0.25) is 0 Å². The number of rotatable bonds is 6. The molecule has 0 amide bonds. The Hall–Kier alpha value is -1.97. The molecule has 0 bridgehead atoms. The van der Waals surface area contributed by atoms with Gasteiger partial charge in [0, 0.05) is 5.69 Å². The van der Waals surface area contributed by atoms with Crippen molar-refractivity contribution in [3.05, 3.63) is 36.4 Å². The van der Waals surface area contributed by atoms with Crippen molar-refractivity contribution < 1.29 is 14.6 Å². The van der Waals surface area contributed by atoms with E-state index >= 15 is 0 Å². The van der Waals surface area contributed by atoms with E-state index in [1.54, 1.807) is 31.2 Å². The van der Waals surface area contributed by atoms with Crippen LogP contribution in [0.4, 0.5) is 5.69 Å². The highest BCUT2D eigenvalue weighted by Crippen LogP contribution is 2.24. The van der Waals surface area contributed by atoms with Gasteiger partial charge < -0.3 is 15.6 Å². The van der Waals surface area contributed by atoms with Gasteiger partial charge in [-0.15, -0.1) is 6.58 Å². The molecule has 0 radical (unpaired) electrons. The normalized spacial score (nSPS) is 11.8. The standard InChI is InChI=1S/C13H17NO3/c1-3-5-9-8-10(14)6-7-12(9)17-11(4-2)13(15)16/h3,6-8,11H,1,4-5,14H2,2H3,(H,15,16). The minimum absolute atomic E-state index is 0.410. The monoisotopic (exact) mass is 235 g/mol. The van der Waals surface area contributed by atoms with Crippen LogP contribution in [0.25, 0.3) is 0 Å². The molecule has 1 unspecified atom stereocenters. The van der Waals surface area contributed by atoms with Crippen molar-refractivity contribution in [2.75, 3.05) is 5.73 Å². The van der Waals surface area contributed by atoms with Crippen molar-refractivity contribution in [1.82, 2.24) is 0 Å². The van der Waals surface area contributed by atoms with Crippen LogP contribution in [0.5, 0.6) is 5.75 Å². The molecule has 0 aliphatic carbocycles. The van der Waals surface area contributed by atoms with Gasteiger partial charge in [0.05, 0.1) is 0 Å². The highest BCUT2D eigenvalue weighted by atomic mass is 16.5. The first-order valence-electron chi connectivity index (χ1n) is 5.47. The molecule has 0 aliphatic heterocycles. The van der Waals surface area contributed by atoms with Crippen LogP contribution in [0.3, 0.4) is 0 Å². The van der Waals surface area contributed by atoms with E-state index in [0.717, 1.165) is 5.56 Å². The van der Waals surface area contributed by atoms with E-state index in [0.29, 0.717) is 24.3 Å². The lowest BCUT2D eigenvalue weighted by atomic mass is 10.1. The first-order chi connectivity index (χ1) is 8.08. The maximum absolute atomic E-state index is 10.9. The summed E-state index contributed by atoms with van der Waals surface area (Å²) < 4.78 is 5.46. The van der Waals surface area contributed by atoms with Gasteiger partial charge in [0.25, 0.3) is 0 Å². The number of hydrogen-bond acceptors (Lipinski definition) is 3. The minimum atomic E-state index is -0.964. The van der Waals surface area contributed by atoms with Crippen molar-refractivity contribution in [1.29, 1.82) is 0 Å². The number of carboxylic acid groups (broad SMARTS) is 1. The summed E-state index contributed by atoms with van der Waals surface area (Å²) in [5.41, 5.74) is 7.14. The first kappa shape index (κ1) is 13.1. The summed E-state index contributed by atoms with van der Waals surface area (Å²) in [6, 6.07) is 5.15. The van der Waals surface area contributed by atoms with Crippen LogP contribution in [0.2, 0.25) is 0 Å². The second-order valence-electron chi connectivity index (χ2n) is 3.71. The van der Waals surface area contributed by atoms with Crippen LogP contribution in [0.15, 0.2) is 30.9 Å². The molecule has 1 rings (SSSR count). The number of nitrogens with two attached hydrogens (primary N) is 1. The molecule has 0 spiro atoms. The summed E-state index contributed by atoms with van der Waals surface area (Å²) in [6.07, 6.45) is 1.90. The molecule has 4 heteroatoms. The van der Waals surface area contributed by atoms with Crippen molar-refractivity contribution >= 4 is 11.7 Å². The Labute approximate surface area is 101 Å². The Bertz CT molecular complexity index is 415. The molecule has 0 saturated heterocycles. The lowest BCUT2D eigenvalue weighted by Gasteiger charge is -2.16. The number of nitrogen functional groups attached to an aromatic ring is 1. The number of hydrogen-bond donors (Lipinski definition) is 2. The summed E-state index contributed by atoms with van der Waals surface area (Å²) >= 11 is 0. The van der Waals surface area contributed by atoms with Crippen LogP contribution in [-0.2, 0) is 11.2 Å². The molecule has 17 heavy (non-hydrogen) atoms. The minimum Gasteiger partial charge on any atom is -0.479 e. The van der Waals surface area contributed by atoms with Crippen LogP contribution in [0.1, 0.15) is 18.9 Å². The average molecular weight is 235 g/mol. The number of ether oxygens (including phenoxy) is 1. The molecule has 0 aliphatic rings. The predicted octanol–water partition coefficient (Wildman–Crippen LogP) is 2.24. The summed E-state index contributed by atoms with van der Waals surface area (Å²) in [7, 11) is 0. The fourth-order valence-electron chi connectivity index (χ4n) is 1.49. The Kier molecular flexibility index (Phi) is 4.57. The Morgan fingerprint density at radius 1 is 1.65 bits per heavy atom. The highest BCUT2D eigenvalue weighted by Gasteiger charge is 2.18. The number of anilines is 1. The van der Waals surface area contributed by atoms with Gasteiger partial charge in [0.15, 0.2) is 6.10 Å². The molecule has 1 aromatic rings. The van der Waals surface area contributed by atoms with E-state index < -0.39 is 12.1 Å². The summed E-state index contributed by atoms with van der Waals surface area (Å²) in [4.78, 5) is 10.9. The molecule has 4 nitrogen and oxygen atoms in total. The maximum atomic E-state index is 10.9. The smallest absolute Gasteiger partial charge is 0.344 e. The van der Waals surface area contributed by atoms with Crippen LogP contribution in [-0.4, -0.2) is 17.2 Å². The summed E-state index contributed by atoms with van der Waals surface area (Å²) in [5, 5.41) is 8.94. The molecule has 1 aromatic carbocycles. The molecule has 0 saturated carbocycles. The van der Waals surface area contributed by atoms with Crippen molar-refractivity contribution in [3.8, 4) is 5.75 Å². The number of benzene rings is 1. The zero-order valence-corrected chi connectivity index (χ0v) is 9.85.